The second-order valence-corrected chi connectivity index (χ2v) is 13.9. The third-order valence-electron chi connectivity index (χ3n) is 10.3. The molecule has 9 rings (SSSR count). The van der Waals surface area contributed by atoms with E-state index >= 15 is 0 Å². The van der Waals surface area contributed by atoms with Gasteiger partial charge in [-0.3, -0.25) is 0 Å². The summed E-state index contributed by atoms with van der Waals surface area (Å²) in [6, 6.07) is 73.0. The standard InChI is InChI=1S/C52H39N/c1-36-15-13-21-45(31-36)53(46-22-14-16-37(2)32-46)44-29-27-40(28-30-44)51-47-23-9-11-25-49(47)52(50-26-12-10-24-48(50)51)43-34-41(38-17-5-3-6-18-38)33-42(35-43)39-19-7-4-8-20-39/h3-35H,1-2H3. The van der Waals surface area contributed by atoms with E-state index in [1.165, 1.54) is 77.2 Å². The van der Waals surface area contributed by atoms with E-state index in [-0.39, 0.29) is 0 Å². The van der Waals surface area contributed by atoms with E-state index in [0.29, 0.717) is 0 Å². The number of aryl methyl sites for hydroxylation is 2. The zero-order valence-corrected chi connectivity index (χ0v) is 30.0. The maximum atomic E-state index is 2.37. The number of anilines is 3. The number of fused-ring (bicyclic) bond motifs is 2. The molecule has 9 aromatic rings. The lowest BCUT2D eigenvalue weighted by atomic mass is 9.84. The topological polar surface area (TPSA) is 3.24 Å². The minimum absolute atomic E-state index is 1.13. The Morgan fingerprint density at radius 1 is 0.264 bits per heavy atom. The second-order valence-electron chi connectivity index (χ2n) is 13.9. The molecule has 0 aliphatic heterocycles. The minimum atomic E-state index is 1.13. The molecule has 0 fully saturated rings. The highest BCUT2D eigenvalue weighted by Crippen LogP contribution is 2.46. The van der Waals surface area contributed by atoms with Crippen LogP contribution in [0.4, 0.5) is 17.1 Å². The van der Waals surface area contributed by atoms with Gasteiger partial charge in [0.2, 0.25) is 0 Å². The lowest BCUT2D eigenvalue weighted by Crippen LogP contribution is -2.10. The fourth-order valence-electron chi connectivity index (χ4n) is 7.88. The van der Waals surface area contributed by atoms with Gasteiger partial charge in [0, 0.05) is 17.1 Å². The summed E-state index contributed by atoms with van der Waals surface area (Å²) in [7, 11) is 0. The molecule has 53 heavy (non-hydrogen) atoms. The van der Waals surface area contributed by atoms with Crippen molar-refractivity contribution >= 4 is 38.6 Å². The Labute approximate surface area is 312 Å². The van der Waals surface area contributed by atoms with Gasteiger partial charge in [-0.2, -0.15) is 0 Å². The zero-order valence-electron chi connectivity index (χ0n) is 30.0. The molecule has 9 aromatic carbocycles. The van der Waals surface area contributed by atoms with Gasteiger partial charge in [0.1, 0.15) is 0 Å². The Morgan fingerprint density at radius 2 is 0.660 bits per heavy atom. The first kappa shape index (κ1) is 32.2. The van der Waals surface area contributed by atoms with Gasteiger partial charge < -0.3 is 4.90 Å². The first-order valence-electron chi connectivity index (χ1n) is 18.3. The van der Waals surface area contributed by atoms with Crippen LogP contribution in [0.15, 0.2) is 200 Å². The lowest BCUT2D eigenvalue weighted by Gasteiger charge is -2.26. The monoisotopic (exact) mass is 677 g/mol. The van der Waals surface area contributed by atoms with Crippen LogP contribution < -0.4 is 4.90 Å². The van der Waals surface area contributed by atoms with Crippen LogP contribution in [0, 0.1) is 13.8 Å². The molecule has 0 atom stereocenters. The van der Waals surface area contributed by atoms with Gasteiger partial charge in [0.25, 0.3) is 0 Å². The summed E-state index contributed by atoms with van der Waals surface area (Å²) in [5.74, 6) is 0. The van der Waals surface area contributed by atoms with Crippen molar-refractivity contribution in [2.45, 2.75) is 13.8 Å². The molecule has 0 spiro atoms. The predicted molar refractivity (Wildman–Crippen MR) is 227 cm³/mol. The summed E-state index contributed by atoms with van der Waals surface area (Å²) in [6.45, 7) is 4.31. The van der Waals surface area contributed by atoms with Crippen molar-refractivity contribution in [3.8, 4) is 44.5 Å². The lowest BCUT2D eigenvalue weighted by molar-refractivity contribution is 1.26. The molecule has 0 radical (unpaired) electrons. The number of benzene rings is 9. The van der Waals surface area contributed by atoms with Gasteiger partial charge in [-0.05, 0) is 146 Å². The van der Waals surface area contributed by atoms with Crippen molar-refractivity contribution < 1.29 is 0 Å². The fourth-order valence-corrected chi connectivity index (χ4v) is 7.88. The van der Waals surface area contributed by atoms with Gasteiger partial charge in [-0.15, -0.1) is 0 Å². The molecule has 1 nitrogen and oxygen atoms in total. The Kier molecular flexibility index (Phi) is 8.38. The van der Waals surface area contributed by atoms with E-state index in [9.17, 15) is 0 Å². The normalized spacial score (nSPS) is 11.2. The number of nitrogens with zero attached hydrogens (tertiary/aromatic N) is 1. The van der Waals surface area contributed by atoms with Gasteiger partial charge in [-0.25, -0.2) is 0 Å². The Bertz CT molecular complexity index is 2570. The van der Waals surface area contributed by atoms with Crippen molar-refractivity contribution in [2.24, 2.45) is 0 Å². The summed E-state index contributed by atoms with van der Waals surface area (Å²) in [6.07, 6.45) is 0. The van der Waals surface area contributed by atoms with Gasteiger partial charge >= 0.3 is 0 Å². The van der Waals surface area contributed by atoms with Crippen LogP contribution in [0.2, 0.25) is 0 Å². The summed E-state index contributed by atoms with van der Waals surface area (Å²) >= 11 is 0. The summed E-state index contributed by atoms with van der Waals surface area (Å²) in [4.78, 5) is 2.35. The van der Waals surface area contributed by atoms with Gasteiger partial charge in [0.15, 0.2) is 0 Å². The summed E-state index contributed by atoms with van der Waals surface area (Å²) in [5.41, 5.74) is 15.7. The highest BCUT2D eigenvalue weighted by molar-refractivity contribution is 6.21. The molecule has 0 N–H and O–H groups in total. The minimum Gasteiger partial charge on any atom is -0.310 e. The second kappa shape index (κ2) is 13.8. The number of hydrogen-bond acceptors (Lipinski definition) is 1. The smallest absolute Gasteiger partial charge is 0.0464 e. The largest absolute Gasteiger partial charge is 0.310 e. The van der Waals surface area contributed by atoms with E-state index in [4.69, 9.17) is 0 Å². The molecular weight excluding hydrogens is 639 g/mol. The molecule has 0 aliphatic carbocycles. The van der Waals surface area contributed by atoms with Crippen LogP contribution in [-0.2, 0) is 0 Å². The first-order chi connectivity index (χ1) is 26.1. The maximum absolute atomic E-state index is 2.37. The van der Waals surface area contributed by atoms with E-state index in [2.05, 4.69) is 219 Å². The van der Waals surface area contributed by atoms with Crippen LogP contribution in [-0.4, -0.2) is 0 Å². The number of rotatable bonds is 7. The quantitative estimate of drug-likeness (QED) is 0.152. The number of hydrogen-bond donors (Lipinski definition) is 0. The Balaban J connectivity index is 1.24. The fraction of sp³-hybridized carbons (Fsp3) is 0.0385. The van der Waals surface area contributed by atoms with E-state index < -0.39 is 0 Å². The van der Waals surface area contributed by atoms with Crippen LogP contribution >= 0.6 is 0 Å². The van der Waals surface area contributed by atoms with Gasteiger partial charge in [0.05, 0.1) is 0 Å². The van der Waals surface area contributed by atoms with Crippen molar-refractivity contribution in [1.82, 2.24) is 0 Å². The molecule has 0 saturated carbocycles. The van der Waals surface area contributed by atoms with E-state index in [1.807, 2.05) is 0 Å². The molecule has 252 valence electrons. The first-order valence-corrected chi connectivity index (χ1v) is 18.3. The molecule has 0 heterocycles. The molecule has 0 saturated heterocycles. The average Bonchev–Trinajstić information content (AvgIpc) is 3.21. The van der Waals surface area contributed by atoms with Crippen molar-refractivity contribution in [1.29, 1.82) is 0 Å². The Hall–Kier alpha value is -6.70. The van der Waals surface area contributed by atoms with Crippen LogP contribution in [0.3, 0.4) is 0 Å². The maximum Gasteiger partial charge on any atom is 0.0464 e. The Morgan fingerprint density at radius 3 is 1.09 bits per heavy atom. The summed E-state index contributed by atoms with van der Waals surface area (Å²) in [5, 5.41) is 4.98. The molecule has 0 aliphatic rings. The summed E-state index contributed by atoms with van der Waals surface area (Å²) < 4.78 is 0. The van der Waals surface area contributed by atoms with E-state index in [0.717, 1.165) is 17.1 Å². The third kappa shape index (κ3) is 6.17. The highest BCUT2D eigenvalue weighted by Gasteiger charge is 2.19. The molecule has 0 bridgehead atoms. The molecule has 1 heteroatoms. The molecule has 0 unspecified atom stereocenters. The van der Waals surface area contributed by atoms with Crippen molar-refractivity contribution in [3.05, 3.63) is 211 Å². The van der Waals surface area contributed by atoms with E-state index in [1.54, 1.807) is 0 Å². The van der Waals surface area contributed by atoms with Crippen LogP contribution in [0.5, 0.6) is 0 Å². The molecule has 0 aromatic heterocycles. The van der Waals surface area contributed by atoms with Crippen molar-refractivity contribution in [3.63, 3.8) is 0 Å². The zero-order chi connectivity index (χ0) is 35.7. The molecular formula is C52H39N. The SMILES string of the molecule is Cc1cccc(N(c2ccc(-c3c4ccccc4c(-c4cc(-c5ccccc5)cc(-c5ccccc5)c4)c4ccccc34)cc2)c2cccc(C)c2)c1. The van der Waals surface area contributed by atoms with Crippen LogP contribution in [0.25, 0.3) is 66.1 Å². The van der Waals surface area contributed by atoms with Crippen molar-refractivity contribution in [2.75, 3.05) is 4.90 Å². The average molecular weight is 678 g/mol. The highest BCUT2D eigenvalue weighted by atomic mass is 15.1. The molecule has 0 amide bonds. The van der Waals surface area contributed by atoms with Crippen LogP contribution in [0.1, 0.15) is 11.1 Å². The third-order valence-corrected chi connectivity index (χ3v) is 10.3. The van der Waals surface area contributed by atoms with Gasteiger partial charge in [-0.1, -0.05) is 146 Å². The predicted octanol–water partition coefficient (Wildman–Crippen LogP) is 14.7.